The monoisotopic (exact) mass is 367 g/mol. The van der Waals surface area contributed by atoms with E-state index in [-0.39, 0.29) is 6.04 Å². The predicted octanol–water partition coefficient (Wildman–Crippen LogP) is 5.12. The number of methoxy groups -OCH3 is 1. The number of rotatable bonds is 5. The van der Waals surface area contributed by atoms with E-state index in [0.717, 1.165) is 32.9 Å². The average Bonchev–Trinajstić information content (AvgIpc) is 2.48. The molecule has 0 aliphatic carbocycles. The number of nitrogens with one attached hydrogen (secondary N) is 1. The molecule has 2 rings (SSSR count). The van der Waals surface area contributed by atoms with Crippen molar-refractivity contribution in [1.29, 1.82) is 0 Å². The molecule has 0 spiro atoms. The van der Waals surface area contributed by atoms with Crippen molar-refractivity contribution in [3.05, 3.63) is 62.6 Å². The molecule has 0 radical (unpaired) electrons. The van der Waals surface area contributed by atoms with E-state index in [2.05, 4.69) is 46.4 Å². The van der Waals surface area contributed by atoms with Gasteiger partial charge in [0.1, 0.15) is 5.75 Å². The molecule has 0 aliphatic rings. The highest BCUT2D eigenvalue weighted by atomic mass is 79.9. The minimum Gasteiger partial charge on any atom is -0.496 e. The predicted molar refractivity (Wildman–Crippen MR) is 92.4 cm³/mol. The maximum absolute atomic E-state index is 6.46. The first-order chi connectivity index (χ1) is 10.1. The van der Waals surface area contributed by atoms with Crippen molar-refractivity contribution in [2.45, 2.75) is 19.9 Å². The van der Waals surface area contributed by atoms with Crippen molar-refractivity contribution >= 4 is 27.5 Å². The molecule has 0 saturated heterocycles. The minimum atomic E-state index is 0.0598. The Morgan fingerprint density at radius 3 is 2.67 bits per heavy atom. The van der Waals surface area contributed by atoms with Crippen LogP contribution in [0.15, 0.2) is 40.9 Å². The fourth-order valence-electron chi connectivity index (χ4n) is 2.44. The second kappa shape index (κ2) is 7.30. The summed E-state index contributed by atoms with van der Waals surface area (Å²) in [5.41, 5.74) is 3.36. The highest BCUT2D eigenvalue weighted by molar-refractivity contribution is 9.10. The van der Waals surface area contributed by atoms with Gasteiger partial charge < -0.3 is 10.1 Å². The summed E-state index contributed by atoms with van der Waals surface area (Å²) in [6.45, 7) is 5.00. The molecule has 1 unspecified atom stereocenters. The molecule has 21 heavy (non-hydrogen) atoms. The zero-order valence-electron chi connectivity index (χ0n) is 12.4. The molecular formula is C17H19BrClNO. The van der Waals surface area contributed by atoms with Crippen LogP contribution in [0, 0.1) is 6.92 Å². The van der Waals surface area contributed by atoms with Crippen LogP contribution in [0.2, 0.25) is 5.02 Å². The quantitative estimate of drug-likeness (QED) is 0.791. The van der Waals surface area contributed by atoms with Gasteiger partial charge in [0.25, 0.3) is 0 Å². The van der Waals surface area contributed by atoms with Gasteiger partial charge in [-0.25, -0.2) is 0 Å². The molecule has 4 heteroatoms. The summed E-state index contributed by atoms with van der Waals surface area (Å²) in [6.07, 6.45) is 0. The van der Waals surface area contributed by atoms with Crippen LogP contribution in [0.3, 0.4) is 0 Å². The summed E-state index contributed by atoms with van der Waals surface area (Å²) in [6, 6.07) is 12.3. The highest BCUT2D eigenvalue weighted by Crippen LogP contribution is 2.34. The SMILES string of the molecule is CCNC(c1ccc(OC)c(C)c1)c1cccc(Br)c1Cl. The van der Waals surface area contributed by atoms with Gasteiger partial charge in [-0.05, 0) is 58.2 Å². The molecule has 0 heterocycles. The van der Waals surface area contributed by atoms with Crippen LogP contribution in [0.1, 0.15) is 29.7 Å². The van der Waals surface area contributed by atoms with E-state index in [1.165, 1.54) is 5.56 Å². The molecule has 2 aromatic rings. The van der Waals surface area contributed by atoms with E-state index in [0.29, 0.717) is 0 Å². The van der Waals surface area contributed by atoms with Crippen LogP contribution in [0.4, 0.5) is 0 Å². The molecule has 0 saturated carbocycles. The standard InChI is InChI=1S/C17H19BrClNO/c1-4-20-17(13-6-5-7-14(18)16(13)19)12-8-9-15(21-3)11(2)10-12/h5-10,17,20H,4H2,1-3H3. The Labute approximate surface area is 139 Å². The molecule has 2 nitrogen and oxygen atoms in total. The fraction of sp³-hybridized carbons (Fsp3) is 0.294. The highest BCUT2D eigenvalue weighted by Gasteiger charge is 2.18. The largest absolute Gasteiger partial charge is 0.496 e. The fourth-order valence-corrected chi connectivity index (χ4v) is 3.05. The summed E-state index contributed by atoms with van der Waals surface area (Å²) in [5.74, 6) is 0.898. The number of hydrogen-bond donors (Lipinski definition) is 1. The first kappa shape index (κ1) is 16.3. The lowest BCUT2D eigenvalue weighted by Gasteiger charge is -2.21. The summed E-state index contributed by atoms with van der Waals surface area (Å²) < 4.78 is 6.25. The van der Waals surface area contributed by atoms with Gasteiger partial charge in [0.2, 0.25) is 0 Å². The molecule has 0 aromatic heterocycles. The Bertz CT molecular complexity index is 630. The Kier molecular flexibility index (Phi) is 5.68. The molecule has 1 atom stereocenters. The van der Waals surface area contributed by atoms with Crippen molar-refractivity contribution in [3.63, 3.8) is 0 Å². The van der Waals surface area contributed by atoms with Gasteiger partial charge in [0.15, 0.2) is 0 Å². The van der Waals surface area contributed by atoms with Gasteiger partial charge >= 0.3 is 0 Å². The molecule has 0 aliphatic heterocycles. The maximum Gasteiger partial charge on any atom is 0.121 e. The zero-order valence-corrected chi connectivity index (χ0v) is 14.8. The molecule has 112 valence electrons. The topological polar surface area (TPSA) is 21.3 Å². The van der Waals surface area contributed by atoms with Crippen molar-refractivity contribution in [2.75, 3.05) is 13.7 Å². The van der Waals surface area contributed by atoms with Crippen molar-refractivity contribution in [1.82, 2.24) is 5.32 Å². The van der Waals surface area contributed by atoms with Gasteiger partial charge in [0, 0.05) is 4.47 Å². The smallest absolute Gasteiger partial charge is 0.121 e. The Morgan fingerprint density at radius 1 is 1.29 bits per heavy atom. The van der Waals surface area contributed by atoms with Gasteiger partial charge in [0.05, 0.1) is 18.2 Å². The zero-order chi connectivity index (χ0) is 15.4. The number of benzene rings is 2. The van der Waals surface area contributed by atoms with E-state index in [1.54, 1.807) is 7.11 Å². The third-order valence-electron chi connectivity index (χ3n) is 3.45. The molecule has 0 bridgehead atoms. The Hall–Kier alpha value is -1.03. The summed E-state index contributed by atoms with van der Waals surface area (Å²) in [4.78, 5) is 0. The Balaban J connectivity index is 2.48. The molecule has 1 N–H and O–H groups in total. The van der Waals surface area contributed by atoms with Gasteiger partial charge in [-0.3, -0.25) is 0 Å². The summed E-state index contributed by atoms with van der Waals surface area (Å²) in [5, 5.41) is 4.25. The second-order valence-electron chi connectivity index (χ2n) is 4.86. The lowest BCUT2D eigenvalue weighted by molar-refractivity contribution is 0.411. The van der Waals surface area contributed by atoms with Crippen molar-refractivity contribution in [3.8, 4) is 5.75 Å². The van der Waals surface area contributed by atoms with E-state index in [9.17, 15) is 0 Å². The van der Waals surface area contributed by atoms with Gasteiger partial charge in [-0.1, -0.05) is 42.8 Å². The van der Waals surface area contributed by atoms with Crippen molar-refractivity contribution in [2.24, 2.45) is 0 Å². The maximum atomic E-state index is 6.46. The van der Waals surface area contributed by atoms with Crippen LogP contribution in [0.5, 0.6) is 5.75 Å². The number of hydrogen-bond acceptors (Lipinski definition) is 2. The van der Waals surface area contributed by atoms with Crippen molar-refractivity contribution < 1.29 is 4.74 Å². The van der Waals surface area contributed by atoms with Gasteiger partial charge in [-0.2, -0.15) is 0 Å². The van der Waals surface area contributed by atoms with E-state index < -0.39 is 0 Å². The first-order valence-corrected chi connectivity index (χ1v) is 8.07. The third-order valence-corrected chi connectivity index (χ3v) is 4.76. The first-order valence-electron chi connectivity index (χ1n) is 6.90. The molecule has 0 amide bonds. The normalized spacial score (nSPS) is 12.2. The summed E-state index contributed by atoms with van der Waals surface area (Å²) in [7, 11) is 1.69. The van der Waals surface area contributed by atoms with Crippen LogP contribution in [0.25, 0.3) is 0 Å². The number of halogens is 2. The Morgan fingerprint density at radius 2 is 2.05 bits per heavy atom. The second-order valence-corrected chi connectivity index (χ2v) is 6.10. The number of ether oxygens (including phenoxy) is 1. The van der Waals surface area contributed by atoms with Crippen LogP contribution in [-0.2, 0) is 0 Å². The van der Waals surface area contributed by atoms with E-state index in [1.807, 2.05) is 25.1 Å². The molecule has 2 aromatic carbocycles. The molecule has 0 fully saturated rings. The number of aryl methyl sites for hydroxylation is 1. The van der Waals surface area contributed by atoms with E-state index in [4.69, 9.17) is 16.3 Å². The van der Waals surface area contributed by atoms with E-state index >= 15 is 0 Å². The summed E-state index contributed by atoms with van der Waals surface area (Å²) >= 11 is 9.96. The minimum absolute atomic E-state index is 0.0598. The van der Waals surface area contributed by atoms with Crippen LogP contribution < -0.4 is 10.1 Å². The average molecular weight is 369 g/mol. The third kappa shape index (κ3) is 3.60. The van der Waals surface area contributed by atoms with Crippen LogP contribution >= 0.6 is 27.5 Å². The van der Waals surface area contributed by atoms with Crippen LogP contribution in [-0.4, -0.2) is 13.7 Å². The molecular weight excluding hydrogens is 350 g/mol. The lowest BCUT2D eigenvalue weighted by Crippen LogP contribution is -2.22. The van der Waals surface area contributed by atoms with Gasteiger partial charge in [-0.15, -0.1) is 0 Å². The lowest BCUT2D eigenvalue weighted by atomic mass is 9.97.